The van der Waals surface area contributed by atoms with Crippen molar-refractivity contribution in [3.63, 3.8) is 0 Å². The summed E-state index contributed by atoms with van der Waals surface area (Å²) in [7, 11) is 0. The van der Waals surface area contributed by atoms with E-state index in [1.165, 1.54) is 10.9 Å². The Kier molecular flexibility index (Phi) is 4.44. The Hall–Kier alpha value is -1.26. The van der Waals surface area contributed by atoms with Gasteiger partial charge in [-0.05, 0) is 25.1 Å². The molecule has 0 aliphatic heterocycles. The number of rotatable bonds is 5. The van der Waals surface area contributed by atoms with Crippen LogP contribution in [0.2, 0.25) is 0 Å². The van der Waals surface area contributed by atoms with Crippen molar-refractivity contribution in [2.24, 2.45) is 0 Å². The first-order valence-corrected chi connectivity index (χ1v) is 7.02. The van der Waals surface area contributed by atoms with Crippen LogP contribution in [-0.2, 0) is 13.0 Å². The second kappa shape index (κ2) is 6.07. The molecule has 0 bridgehead atoms. The Morgan fingerprint density at radius 2 is 2.06 bits per heavy atom. The van der Waals surface area contributed by atoms with Crippen molar-refractivity contribution in [1.29, 1.82) is 0 Å². The average molecular weight is 264 g/mol. The number of hydrogen-bond acceptors (Lipinski definition) is 3. The average Bonchev–Trinajstić information content (AvgIpc) is 2.80. The van der Waals surface area contributed by atoms with Gasteiger partial charge in [0.05, 0.1) is 5.69 Å². The van der Waals surface area contributed by atoms with E-state index in [-0.39, 0.29) is 5.82 Å². The Morgan fingerprint density at radius 3 is 2.72 bits per heavy atom. The molecule has 0 unspecified atom stereocenters. The van der Waals surface area contributed by atoms with Crippen LogP contribution in [0.15, 0.2) is 24.3 Å². The third-order valence-electron chi connectivity index (χ3n) is 2.75. The van der Waals surface area contributed by atoms with Crippen molar-refractivity contribution in [3.8, 4) is 10.6 Å². The van der Waals surface area contributed by atoms with E-state index >= 15 is 0 Å². The number of aromatic nitrogens is 1. The number of benzene rings is 1. The predicted octanol–water partition coefficient (Wildman–Crippen LogP) is 3.62. The smallest absolute Gasteiger partial charge is 0.133 e. The molecule has 1 aromatic carbocycles. The van der Waals surface area contributed by atoms with Gasteiger partial charge in [0, 0.05) is 17.0 Å². The quantitative estimate of drug-likeness (QED) is 0.892. The second-order valence-electron chi connectivity index (χ2n) is 4.00. The minimum Gasteiger partial charge on any atom is -0.312 e. The molecule has 0 saturated carbocycles. The molecular weight excluding hydrogens is 247 g/mol. The highest BCUT2D eigenvalue weighted by Crippen LogP contribution is 2.30. The van der Waals surface area contributed by atoms with Gasteiger partial charge in [0.25, 0.3) is 0 Å². The summed E-state index contributed by atoms with van der Waals surface area (Å²) >= 11 is 1.58. The third kappa shape index (κ3) is 2.76. The molecule has 0 aliphatic rings. The van der Waals surface area contributed by atoms with E-state index in [9.17, 15) is 4.39 Å². The van der Waals surface area contributed by atoms with Crippen molar-refractivity contribution >= 4 is 11.3 Å². The summed E-state index contributed by atoms with van der Waals surface area (Å²) in [5.74, 6) is -0.205. The predicted molar refractivity (Wildman–Crippen MR) is 74.3 cm³/mol. The largest absolute Gasteiger partial charge is 0.312 e. The Labute approximate surface area is 111 Å². The first-order valence-electron chi connectivity index (χ1n) is 6.20. The third-order valence-corrected chi connectivity index (χ3v) is 3.88. The molecule has 1 heterocycles. The van der Waals surface area contributed by atoms with Crippen molar-refractivity contribution in [2.45, 2.75) is 26.8 Å². The molecule has 1 N–H and O–H groups in total. The molecule has 0 fully saturated rings. The normalized spacial score (nSPS) is 10.8. The van der Waals surface area contributed by atoms with E-state index in [2.05, 4.69) is 24.1 Å². The summed E-state index contributed by atoms with van der Waals surface area (Å²) in [4.78, 5) is 5.76. The lowest BCUT2D eigenvalue weighted by molar-refractivity contribution is 0.631. The van der Waals surface area contributed by atoms with Gasteiger partial charge in [0.2, 0.25) is 0 Å². The van der Waals surface area contributed by atoms with Gasteiger partial charge >= 0.3 is 0 Å². The summed E-state index contributed by atoms with van der Waals surface area (Å²) in [6, 6.07) is 6.80. The van der Waals surface area contributed by atoms with E-state index < -0.39 is 0 Å². The summed E-state index contributed by atoms with van der Waals surface area (Å²) in [6.07, 6.45) is 0.881. The monoisotopic (exact) mass is 264 g/mol. The van der Waals surface area contributed by atoms with Gasteiger partial charge in [0.15, 0.2) is 0 Å². The van der Waals surface area contributed by atoms with Crippen LogP contribution in [0.1, 0.15) is 24.4 Å². The number of nitrogens with one attached hydrogen (secondary N) is 1. The van der Waals surface area contributed by atoms with Gasteiger partial charge in [-0.2, -0.15) is 0 Å². The Balaban J connectivity index is 2.35. The minimum atomic E-state index is -0.205. The minimum absolute atomic E-state index is 0.205. The molecule has 2 rings (SSSR count). The second-order valence-corrected chi connectivity index (χ2v) is 5.09. The van der Waals surface area contributed by atoms with Crippen molar-refractivity contribution < 1.29 is 4.39 Å². The van der Waals surface area contributed by atoms with Crippen LogP contribution >= 0.6 is 11.3 Å². The SMILES string of the molecule is CCNCc1sc(-c2ccccc2F)nc1CC. The molecule has 0 atom stereocenters. The maximum absolute atomic E-state index is 13.7. The molecule has 0 saturated heterocycles. The van der Waals surface area contributed by atoms with Crippen molar-refractivity contribution in [3.05, 3.63) is 40.7 Å². The zero-order valence-electron chi connectivity index (χ0n) is 10.7. The number of halogens is 1. The fourth-order valence-electron chi connectivity index (χ4n) is 1.79. The van der Waals surface area contributed by atoms with Crippen LogP contribution in [-0.4, -0.2) is 11.5 Å². The first kappa shape index (κ1) is 13.2. The zero-order valence-corrected chi connectivity index (χ0v) is 11.5. The lowest BCUT2D eigenvalue weighted by Crippen LogP contribution is -2.11. The van der Waals surface area contributed by atoms with Gasteiger partial charge in [-0.3, -0.25) is 0 Å². The molecule has 18 heavy (non-hydrogen) atoms. The molecule has 1 aromatic heterocycles. The van der Waals surface area contributed by atoms with Crippen LogP contribution in [0, 0.1) is 5.82 Å². The first-order chi connectivity index (χ1) is 8.76. The fourth-order valence-corrected chi connectivity index (χ4v) is 2.93. The highest BCUT2D eigenvalue weighted by Gasteiger charge is 2.13. The van der Waals surface area contributed by atoms with Crippen LogP contribution in [0.5, 0.6) is 0 Å². The van der Waals surface area contributed by atoms with E-state index in [0.29, 0.717) is 5.56 Å². The van der Waals surface area contributed by atoms with Crippen molar-refractivity contribution in [1.82, 2.24) is 10.3 Å². The van der Waals surface area contributed by atoms with Gasteiger partial charge in [-0.15, -0.1) is 11.3 Å². The highest BCUT2D eigenvalue weighted by atomic mass is 32.1. The highest BCUT2D eigenvalue weighted by molar-refractivity contribution is 7.15. The van der Waals surface area contributed by atoms with E-state index in [1.807, 2.05) is 6.07 Å². The van der Waals surface area contributed by atoms with Crippen LogP contribution in [0.3, 0.4) is 0 Å². The number of aryl methyl sites for hydroxylation is 1. The van der Waals surface area contributed by atoms with Gasteiger partial charge in [0.1, 0.15) is 10.8 Å². The van der Waals surface area contributed by atoms with E-state index in [4.69, 9.17) is 0 Å². The number of nitrogens with zero attached hydrogens (tertiary/aromatic N) is 1. The molecule has 0 aliphatic carbocycles. The van der Waals surface area contributed by atoms with Gasteiger partial charge < -0.3 is 5.32 Å². The standard InChI is InChI=1S/C14H17FN2S/c1-3-12-13(9-16-4-2)18-14(17-12)10-7-5-6-8-11(10)15/h5-8,16H,3-4,9H2,1-2H3. The molecule has 0 spiro atoms. The Morgan fingerprint density at radius 1 is 1.28 bits per heavy atom. The zero-order chi connectivity index (χ0) is 13.0. The van der Waals surface area contributed by atoms with Gasteiger partial charge in [-0.1, -0.05) is 26.0 Å². The van der Waals surface area contributed by atoms with Crippen LogP contribution < -0.4 is 5.32 Å². The van der Waals surface area contributed by atoms with Crippen LogP contribution in [0.25, 0.3) is 10.6 Å². The topological polar surface area (TPSA) is 24.9 Å². The van der Waals surface area contributed by atoms with Gasteiger partial charge in [-0.25, -0.2) is 9.37 Å². The molecule has 96 valence electrons. The summed E-state index contributed by atoms with van der Waals surface area (Å²) < 4.78 is 13.7. The number of thiazole rings is 1. The fraction of sp³-hybridized carbons (Fsp3) is 0.357. The number of hydrogen-bond donors (Lipinski definition) is 1. The molecule has 2 aromatic rings. The maximum Gasteiger partial charge on any atom is 0.133 e. The van der Waals surface area contributed by atoms with Crippen molar-refractivity contribution in [2.75, 3.05) is 6.54 Å². The summed E-state index contributed by atoms with van der Waals surface area (Å²) in [5, 5.41) is 4.07. The molecule has 0 amide bonds. The molecular formula is C14H17FN2S. The maximum atomic E-state index is 13.7. The molecule has 2 nitrogen and oxygen atoms in total. The Bertz CT molecular complexity index is 522. The molecule has 0 radical (unpaired) electrons. The van der Waals surface area contributed by atoms with E-state index in [0.717, 1.165) is 30.2 Å². The summed E-state index contributed by atoms with van der Waals surface area (Å²) in [5.41, 5.74) is 1.67. The lowest BCUT2D eigenvalue weighted by Gasteiger charge is -1.99. The lowest BCUT2D eigenvalue weighted by atomic mass is 10.2. The molecule has 4 heteroatoms. The summed E-state index contributed by atoms with van der Waals surface area (Å²) in [6.45, 7) is 5.89. The van der Waals surface area contributed by atoms with E-state index in [1.54, 1.807) is 23.5 Å². The van der Waals surface area contributed by atoms with Crippen LogP contribution in [0.4, 0.5) is 4.39 Å².